The number of hydrogen-bond donors (Lipinski definition) is 1. The Bertz CT molecular complexity index is 181. The summed E-state index contributed by atoms with van der Waals surface area (Å²) in [5.41, 5.74) is 5.04. The molecule has 0 aromatic heterocycles. The largest absolute Gasteiger partial charge is 0.369 e. The lowest BCUT2D eigenvalue weighted by Gasteiger charge is -2.39. The molecule has 1 unspecified atom stereocenters. The zero-order valence-electron chi connectivity index (χ0n) is 9.61. The molecule has 13 heavy (non-hydrogen) atoms. The summed E-state index contributed by atoms with van der Waals surface area (Å²) in [4.78, 5) is 11.4. The van der Waals surface area contributed by atoms with Crippen molar-refractivity contribution in [3.8, 4) is 0 Å². The number of nitrogens with two attached hydrogens (primary N) is 1. The number of carbonyl (C=O) groups excluding carboxylic acids is 1. The minimum atomic E-state index is -0.372. The van der Waals surface area contributed by atoms with Crippen molar-refractivity contribution >= 4 is 5.91 Å². The summed E-state index contributed by atoms with van der Waals surface area (Å²) in [6.07, 6.45) is 3.07. The van der Waals surface area contributed by atoms with Crippen molar-refractivity contribution in [3.05, 3.63) is 0 Å². The van der Waals surface area contributed by atoms with Gasteiger partial charge >= 0.3 is 0 Å². The summed E-state index contributed by atoms with van der Waals surface area (Å²) < 4.78 is 0. The van der Waals surface area contributed by atoms with Crippen molar-refractivity contribution in [2.75, 3.05) is 0 Å². The van der Waals surface area contributed by atoms with Crippen LogP contribution in [0.3, 0.4) is 0 Å². The van der Waals surface area contributed by atoms with E-state index in [1.54, 1.807) is 0 Å². The molecule has 1 atom stereocenters. The van der Waals surface area contributed by atoms with E-state index >= 15 is 0 Å². The number of primary amides is 1. The molecule has 0 radical (unpaired) electrons. The van der Waals surface area contributed by atoms with Gasteiger partial charge in [0.05, 0.1) is 5.41 Å². The molecule has 0 saturated heterocycles. The molecule has 0 heterocycles. The van der Waals surface area contributed by atoms with E-state index in [0.29, 0.717) is 0 Å². The van der Waals surface area contributed by atoms with E-state index in [-0.39, 0.29) is 16.7 Å². The molecule has 0 bridgehead atoms. The topological polar surface area (TPSA) is 43.1 Å². The summed E-state index contributed by atoms with van der Waals surface area (Å²) in [5.74, 6) is -0.173. The molecule has 0 aromatic rings. The third kappa shape index (κ3) is 2.71. The average molecular weight is 185 g/mol. The van der Waals surface area contributed by atoms with Gasteiger partial charge in [-0.2, -0.15) is 0 Å². The van der Waals surface area contributed by atoms with Gasteiger partial charge in [-0.1, -0.05) is 47.5 Å². The van der Waals surface area contributed by atoms with Crippen LogP contribution < -0.4 is 5.73 Å². The molecule has 2 nitrogen and oxygen atoms in total. The Hall–Kier alpha value is -0.530. The maximum absolute atomic E-state index is 11.4. The number of unbranched alkanes of at least 4 members (excludes halogenated alkanes) is 1. The monoisotopic (exact) mass is 185 g/mol. The third-order valence-electron chi connectivity index (χ3n) is 3.23. The second-order valence-corrected chi connectivity index (χ2v) is 5.05. The molecule has 2 heteroatoms. The molecule has 2 N–H and O–H groups in total. The lowest BCUT2D eigenvalue weighted by molar-refractivity contribution is -0.133. The Morgan fingerprint density at radius 1 is 1.23 bits per heavy atom. The Labute approximate surface area is 81.9 Å². The number of carbonyl (C=O) groups is 1. The van der Waals surface area contributed by atoms with Crippen LogP contribution in [0.15, 0.2) is 0 Å². The summed E-state index contributed by atoms with van der Waals surface area (Å²) >= 11 is 0. The van der Waals surface area contributed by atoms with Crippen LogP contribution in [0.5, 0.6) is 0 Å². The maximum Gasteiger partial charge on any atom is 0.223 e. The molecule has 0 aliphatic rings. The minimum Gasteiger partial charge on any atom is -0.369 e. The molecular formula is C11H23NO. The molecule has 78 valence electrons. The first kappa shape index (κ1) is 12.5. The normalized spacial score (nSPS) is 16.7. The quantitative estimate of drug-likeness (QED) is 0.719. The first-order valence-electron chi connectivity index (χ1n) is 5.05. The fourth-order valence-electron chi connectivity index (χ4n) is 1.40. The highest BCUT2D eigenvalue weighted by Crippen LogP contribution is 2.42. The van der Waals surface area contributed by atoms with Gasteiger partial charge in [-0.3, -0.25) is 4.79 Å². The van der Waals surface area contributed by atoms with Gasteiger partial charge in [-0.25, -0.2) is 0 Å². The van der Waals surface area contributed by atoms with E-state index in [9.17, 15) is 4.79 Å². The zero-order chi connectivity index (χ0) is 10.7. The first-order valence-corrected chi connectivity index (χ1v) is 5.05. The Morgan fingerprint density at radius 3 is 1.92 bits per heavy atom. The van der Waals surface area contributed by atoms with Gasteiger partial charge in [0.2, 0.25) is 5.91 Å². The van der Waals surface area contributed by atoms with Crippen molar-refractivity contribution in [3.63, 3.8) is 0 Å². The summed E-state index contributed by atoms with van der Waals surface area (Å²) in [7, 11) is 0. The van der Waals surface area contributed by atoms with Crippen molar-refractivity contribution in [1.29, 1.82) is 0 Å². The molecule has 0 spiro atoms. The van der Waals surface area contributed by atoms with Crippen LogP contribution in [-0.4, -0.2) is 5.91 Å². The zero-order valence-corrected chi connectivity index (χ0v) is 9.61. The van der Waals surface area contributed by atoms with E-state index in [0.717, 1.165) is 19.3 Å². The van der Waals surface area contributed by atoms with Crippen molar-refractivity contribution < 1.29 is 4.79 Å². The first-order chi connectivity index (χ1) is 5.75. The highest BCUT2D eigenvalue weighted by molar-refractivity contribution is 5.81. The van der Waals surface area contributed by atoms with Crippen LogP contribution >= 0.6 is 0 Å². The fraction of sp³-hybridized carbons (Fsp3) is 0.909. The second kappa shape index (κ2) is 4.12. The second-order valence-electron chi connectivity index (χ2n) is 5.05. The maximum atomic E-state index is 11.4. The van der Waals surface area contributed by atoms with Crippen LogP contribution in [0.1, 0.15) is 53.9 Å². The van der Waals surface area contributed by atoms with E-state index < -0.39 is 0 Å². The molecule has 0 aromatic carbocycles. The highest BCUT2D eigenvalue weighted by atomic mass is 16.1. The van der Waals surface area contributed by atoms with Crippen molar-refractivity contribution in [2.24, 2.45) is 16.6 Å². The van der Waals surface area contributed by atoms with Crippen molar-refractivity contribution in [2.45, 2.75) is 53.9 Å². The fourth-order valence-corrected chi connectivity index (χ4v) is 1.40. The van der Waals surface area contributed by atoms with Crippen LogP contribution in [0, 0.1) is 10.8 Å². The SMILES string of the molecule is CCCCC(C)(C(N)=O)C(C)(C)C. The Morgan fingerprint density at radius 2 is 1.69 bits per heavy atom. The molecule has 1 amide bonds. The van der Waals surface area contributed by atoms with Gasteiger partial charge in [0.25, 0.3) is 0 Å². The summed E-state index contributed by atoms with van der Waals surface area (Å²) in [6.45, 7) is 10.3. The van der Waals surface area contributed by atoms with Gasteiger partial charge in [0.1, 0.15) is 0 Å². The average Bonchev–Trinajstić information content (AvgIpc) is 1.97. The summed E-state index contributed by atoms with van der Waals surface area (Å²) in [6, 6.07) is 0. The predicted octanol–water partition coefficient (Wildman–Crippen LogP) is 2.71. The predicted molar refractivity (Wildman–Crippen MR) is 56.3 cm³/mol. The smallest absolute Gasteiger partial charge is 0.223 e. The molecule has 0 aliphatic carbocycles. The van der Waals surface area contributed by atoms with Crippen LogP contribution in [0.25, 0.3) is 0 Å². The van der Waals surface area contributed by atoms with E-state index in [1.165, 1.54) is 0 Å². The van der Waals surface area contributed by atoms with Gasteiger partial charge in [-0.05, 0) is 11.8 Å². The Kier molecular flexibility index (Phi) is 3.95. The van der Waals surface area contributed by atoms with Crippen LogP contribution in [-0.2, 0) is 4.79 Å². The van der Waals surface area contributed by atoms with Gasteiger partial charge < -0.3 is 5.73 Å². The van der Waals surface area contributed by atoms with Crippen LogP contribution in [0.2, 0.25) is 0 Å². The van der Waals surface area contributed by atoms with Gasteiger partial charge in [-0.15, -0.1) is 0 Å². The molecular weight excluding hydrogens is 162 g/mol. The highest BCUT2D eigenvalue weighted by Gasteiger charge is 2.41. The molecule has 0 aliphatic heterocycles. The van der Waals surface area contributed by atoms with E-state index in [1.807, 2.05) is 6.92 Å². The van der Waals surface area contributed by atoms with Gasteiger partial charge in [0.15, 0.2) is 0 Å². The molecule has 0 fully saturated rings. The lowest BCUT2D eigenvalue weighted by atomic mass is 9.65. The van der Waals surface area contributed by atoms with E-state index in [2.05, 4.69) is 27.7 Å². The van der Waals surface area contributed by atoms with Gasteiger partial charge in [0, 0.05) is 0 Å². The van der Waals surface area contributed by atoms with Crippen LogP contribution in [0.4, 0.5) is 0 Å². The molecule has 0 saturated carbocycles. The minimum absolute atomic E-state index is 0.0476. The standard InChI is InChI=1S/C11H23NO/c1-6-7-8-11(5,9(12)13)10(2,3)4/h6-8H2,1-5H3,(H2,12,13). The van der Waals surface area contributed by atoms with E-state index in [4.69, 9.17) is 5.73 Å². The van der Waals surface area contributed by atoms with Crippen molar-refractivity contribution in [1.82, 2.24) is 0 Å². The number of rotatable bonds is 4. The lowest BCUT2D eigenvalue weighted by Crippen LogP contribution is -2.44. The summed E-state index contributed by atoms with van der Waals surface area (Å²) in [5, 5.41) is 0. The molecule has 0 rings (SSSR count). The third-order valence-corrected chi connectivity index (χ3v) is 3.23. The number of hydrogen-bond acceptors (Lipinski definition) is 1. The number of amides is 1. The Balaban J connectivity index is 4.64.